The predicted molar refractivity (Wildman–Crippen MR) is 250 cm³/mol. The average molecular weight is 770 g/mol. The normalized spacial score (nSPS) is 13.0. The van der Waals surface area contributed by atoms with E-state index in [2.05, 4.69) is 207 Å². The molecule has 0 amide bonds. The Hall–Kier alpha value is -7.62. The van der Waals surface area contributed by atoms with E-state index in [1.807, 2.05) is 12.1 Å². The van der Waals surface area contributed by atoms with E-state index in [0.29, 0.717) is 0 Å². The third-order valence-corrected chi connectivity index (χ3v) is 12.7. The third-order valence-electron chi connectivity index (χ3n) is 12.7. The van der Waals surface area contributed by atoms with Gasteiger partial charge in [-0.05, 0) is 99.1 Å². The molecule has 0 atom stereocenters. The van der Waals surface area contributed by atoms with E-state index in [0.717, 1.165) is 83.2 Å². The maximum atomic E-state index is 6.66. The smallest absolute Gasteiger partial charge is 0.143 e. The Morgan fingerprint density at radius 1 is 0.333 bits per heavy atom. The molecule has 3 nitrogen and oxygen atoms in total. The van der Waals surface area contributed by atoms with Crippen molar-refractivity contribution in [2.45, 2.75) is 19.3 Å². The Balaban J connectivity index is 0.936. The van der Waals surface area contributed by atoms with Gasteiger partial charge >= 0.3 is 0 Å². The fourth-order valence-corrected chi connectivity index (χ4v) is 9.66. The summed E-state index contributed by atoms with van der Waals surface area (Å²) in [5.41, 5.74) is 18.8. The minimum Gasteiger partial charge on any atom is -0.455 e. The fourth-order valence-electron chi connectivity index (χ4n) is 9.66. The van der Waals surface area contributed by atoms with Gasteiger partial charge < -0.3 is 13.7 Å². The van der Waals surface area contributed by atoms with E-state index in [1.54, 1.807) is 0 Å². The van der Waals surface area contributed by atoms with Crippen LogP contribution in [0.25, 0.3) is 88.4 Å². The van der Waals surface area contributed by atoms with Crippen LogP contribution in [-0.4, -0.2) is 0 Å². The molecule has 9 aromatic carbocycles. The zero-order valence-electron chi connectivity index (χ0n) is 33.3. The molecule has 3 heteroatoms. The number of benzene rings is 9. The SMILES string of the molecule is CC1(C)c2ccccc2-c2ccc(N(c3ccc(-c4ccccc4)cc3)c3ccc(-c4ccc5oc6c(-c7cccc8c7oc7ccccc78)cccc6c5c4)cc3)cc21. The van der Waals surface area contributed by atoms with Crippen molar-refractivity contribution in [1.82, 2.24) is 0 Å². The van der Waals surface area contributed by atoms with Crippen LogP contribution in [0.2, 0.25) is 0 Å². The molecule has 0 aliphatic heterocycles. The molecule has 2 heterocycles. The topological polar surface area (TPSA) is 29.5 Å². The Bertz CT molecular complexity index is 3440. The quantitative estimate of drug-likeness (QED) is 0.169. The van der Waals surface area contributed by atoms with Gasteiger partial charge in [0.25, 0.3) is 0 Å². The molecule has 1 aliphatic carbocycles. The van der Waals surface area contributed by atoms with Crippen LogP contribution in [0, 0.1) is 0 Å². The van der Waals surface area contributed by atoms with Crippen LogP contribution in [-0.2, 0) is 5.41 Å². The van der Waals surface area contributed by atoms with Gasteiger partial charge in [0.1, 0.15) is 22.3 Å². The van der Waals surface area contributed by atoms with Gasteiger partial charge in [0.15, 0.2) is 0 Å². The second-order valence-electron chi connectivity index (χ2n) is 16.5. The zero-order valence-corrected chi connectivity index (χ0v) is 33.3. The summed E-state index contributed by atoms with van der Waals surface area (Å²) in [4.78, 5) is 2.38. The maximum Gasteiger partial charge on any atom is 0.143 e. The molecule has 0 saturated carbocycles. The maximum absolute atomic E-state index is 6.66. The minimum absolute atomic E-state index is 0.105. The highest BCUT2D eigenvalue weighted by atomic mass is 16.3. The molecule has 1 aliphatic rings. The van der Waals surface area contributed by atoms with Gasteiger partial charge in [-0.3, -0.25) is 0 Å². The molecular formula is C57H39NO2. The Morgan fingerprint density at radius 3 is 1.55 bits per heavy atom. The molecule has 60 heavy (non-hydrogen) atoms. The van der Waals surface area contributed by atoms with Crippen molar-refractivity contribution < 1.29 is 8.83 Å². The van der Waals surface area contributed by atoms with Gasteiger partial charge in [0, 0.05) is 55.1 Å². The molecule has 284 valence electrons. The van der Waals surface area contributed by atoms with Crippen LogP contribution in [0.4, 0.5) is 17.1 Å². The van der Waals surface area contributed by atoms with Crippen LogP contribution in [0.1, 0.15) is 25.0 Å². The first-order chi connectivity index (χ1) is 29.5. The van der Waals surface area contributed by atoms with Crippen molar-refractivity contribution in [1.29, 1.82) is 0 Å². The van der Waals surface area contributed by atoms with E-state index in [4.69, 9.17) is 8.83 Å². The Labute approximate surface area is 348 Å². The van der Waals surface area contributed by atoms with Gasteiger partial charge in [-0.15, -0.1) is 0 Å². The molecule has 2 aromatic heterocycles. The standard InChI is InChI=1S/C57H39NO2/c1-57(2)51-20-8-6-14-43(51)44-32-31-42(35-52(44)57)58(40-27-22-37(23-28-40)36-12-4-3-5-13-36)41-29-24-38(25-30-41)39-26-33-54-50(34-39)49-19-11-18-48(56(49)60-54)47-17-10-16-46-45-15-7-9-21-53(45)59-55(46)47/h3-35H,1-2H3. The molecule has 0 N–H and O–H groups in total. The van der Waals surface area contributed by atoms with E-state index in [1.165, 1.54) is 33.4 Å². The Morgan fingerprint density at radius 2 is 0.833 bits per heavy atom. The third kappa shape index (κ3) is 5.29. The van der Waals surface area contributed by atoms with Crippen LogP contribution >= 0.6 is 0 Å². The lowest BCUT2D eigenvalue weighted by Crippen LogP contribution is -2.16. The number of nitrogens with zero attached hydrogens (tertiary/aromatic N) is 1. The van der Waals surface area contributed by atoms with Crippen LogP contribution in [0.15, 0.2) is 209 Å². The summed E-state index contributed by atoms with van der Waals surface area (Å²) < 4.78 is 13.1. The van der Waals surface area contributed by atoms with Gasteiger partial charge in [0.2, 0.25) is 0 Å². The lowest BCUT2D eigenvalue weighted by molar-refractivity contribution is 0.660. The number of fused-ring (bicyclic) bond motifs is 9. The van der Waals surface area contributed by atoms with E-state index in [-0.39, 0.29) is 5.41 Å². The molecule has 0 radical (unpaired) electrons. The summed E-state index contributed by atoms with van der Waals surface area (Å²) in [5.74, 6) is 0. The van der Waals surface area contributed by atoms with Crippen molar-refractivity contribution >= 4 is 60.9 Å². The lowest BCUT2D eigenvalue weighted by Gasteiger charge is -2.28. The summed E-state index contributed by atoms with van der Waals surface area (Å²) in [6.45, 7) is 4.69. The number of rotatable bonds is 6. The first-order valence-electron chi connectivity index (χ1n) is 20.7. The minimum atomic E-state index is -0.105. The molecule has 0 unspecified atom stereocenters. The fraction of sp³-hybridized carbons (Fsp3) is 0.0526. The summed E-state index contributed by atoms with van der Waals surface area (Å²) >= 11 is 0. The van der Waals surface area contributed by atoms with E-state index >= 15 is 0 Å². The van der Waals surface area contributed by atoms with Gasteiger partial charge in [-0.1, -0.05) is 159 Å². The van der Waals surface area contributed by atoms with Gasteiger partial charge in [0.05, 0.1) is 0 Å². The van der Waals surface area contributed by atoms with Gasteiger partial charge in [-0.25, -0.2) is 0 Å². The molecule has 0 spiro atoms. The number of furan rings is 2. The second kappa shape index (κ2) is 13.2. The van der Waals surface area contributed by atoms with Crippen LogP contribution in [0.5, 0.6) is 0 Å². The number of para-hydroxylation sites is 3. The van der Waals surface area contributed by atoms with Crippen molar-refractivity contribution in [3.63, 3.8) is 0 Å². The predicted octanol–water partition coefficient (Wildman–Crippen LogP) is 16.3. The summed E-state index contributed by atoms with van der Waals surface area (Å²) in [6, 6.07) is 71.9. The van der Waals surface area contributed by atoms with Crippen molar-refractivity contribution in [3.8, 4) is 44.5 Å². The van der Waals surface area contributed by atoms with Crippen molar-refractivity contribution in [2.24, 2.45) is 0 Å². The molecule has 12 rings (SSSR count). The largest absolute Gasteiger partial charge is 0.455 e. The zero-order chi connectivity index (χ0) is 40.0. The highest BCUT2D eigenvalue weighted by molar-refractivity contribution is 6.15. The monoisotopic (exact) mass is 769 g/mol. The molecule has 0 bridgehead atoms. The summed E-state index contributed by atoms with van der Waals surface area (Å²) in [5, 5.41) is 4.40. The number of anilines is 3. The average Bonchev–Trinajstić information content (AvgIpc) is 3.95. The molecule has 0 fully saturated rings. The highest BCUT2D eigenvalue weighted by Crippen LogP contribution is 2.51. The number of hydrogen-bond acceptors (Lipinski definition) is 3. The van der Waals surface area contributed by atoms with Crippen LogP contribution in [0.3, 0.4) is 0 Å². The summed E-state index contributed by atoms with van der Waals surface area (Å²) in [6.07, 6.45) is 0. The highest BCUT2D eigenvalue weighted by Gasteiger charge is 2.35. The molecular weight excluding hydrogens is 731 g/mol. The van der Waals surface area contributed by atoms with E-state index in [9.17, 15) is 0 Å². The molecule has 0 saturated heterocycles. The van der Waals surface area contributed by atoms with E-state index < -0.39 is 0 Å². The lowest BCUT2D eigenvalue weighted by atomic mass is 9.82. The summed E-state index contributed by atoms with van der Waals surface area (Å²) in [7, 11) is 0. The Kier molecular flexibility index (Phi) is 7.58. The number of hydrogen-bond donors (Lipinski definition) is 0. The molecule has 11 aromatic rings. The van der Waals surface area contributed by atoms with Gasteiger partial charge in [-0.2, -0.15) is 0 Å². The van der Waals surface area contributed by atoms with Crippen LogP contribution < -0.4 is 4.90 Å². The first kappa shape index (κ1) is 34.4. The second-order valence-corrected chi connectivity index (χ2v) is 16.5. The van der Waals surface area contributed by atoms with Crippen molar-refractivity contribution in [2.75, 3.05) is 4.90 Å². The first-order valence-corrected chi connectivity index (χ1v) is 20.7. The van der Waals surface area contributed by atoms with Crippen molar-refractivity contribution in [3.05, 3.63) is 211 Å².